The summed E-state index contributed by atoms with van der Waals surface area (Å²) in [4.78, 5) is 0. The number of azo groups is 2. The Bertz CT molecular complexity index is 2210. The smallest absolute Gasteiger partial charge is 0.242 e. The molecular weight excluding hydrogens is 867 g/mol. The molecule has 0 aliphatic carbocycles. The Morgan fingerprint density at radius 1 is 0.683 bits per heavy atom. The van der Waals surface area contributed by atoms with Gasteiger partial charge in [-0.15, -0.1) is 4.70 Å². The predicted octanol–water partition coefficient (Wildman–Crippen LogP) is 5.45. The van der Waals surface area contributed by atoms with Gasteiger partial charge >= 0.3 is 12.2 Å². The number of pyridine rings is 1. The Balaban J connectivity index is 0.000000361. The molecule has 2 atom stereocenters. The van der Waals surface area contributed by atoms with E-state index in [4.69, 9.17) is 4.52 Å². The zero-order valence-corrected chi connectivity index (χ0v) is 45.2. The minimum Gasteiger partial charge on any atom is -0.242 e. The summed E-state index contributed by atoms with van der Waals surface area (Å²) < 4.78 is 31.3. The SMILES string of the molecule is CC1C=CC(C)[N+](C)=N1.Cc1c[n+](C)c(C)n1C.Cc1cc(C)[n+](C)o1.Cc1cccc[n+]1C.Cc1nsc(C)[n+]1C.Cc1scc[n+]1C.Cc1scn[n+]1C.Cc1snc[n+]1C. The Morgan fingerprint density at radius 3 is 1.56 bits per heavy atom. The molecule has 0 bridgehead atoms. The minimum absolute atomic E-state index is 0.367. The lowest BCUT2D eigenvalue weighted by molar-refractivity contribution is -0.850. The van der Waals surface area contributed by atoms with Crippen LogP contribution in [0.25, 0.3) is 0 Å². The number of nitrogens with zero attached hydrogens (tertiary/aromatic N) is 13. The van der Waals surface area contributed by atoms with E-state index in [0.29, 0.717) is 12.1 Å². The molecule has 7 aromatic heterocycles. The topological polar surface area (TPSA) is 99.3 Å². The van der Waals surface area contributed by atoms with E-state index in [1.165, 1.54) is 48.8 Å². The molecule has 8 heterocycles. The molecule has 0 spiro atoms. The summed E-state index contributed by atoms with van der Waals surface area (Å²) in [5.41, 5.74) is 5.57. The number of hydrogen-bond donors (Lipinski definition) is 0. The van der Waals surface area contributed by atoms with Gasteiger partial charge in [-0.25, -0.2) is 27.4 Å². The molecule has 2 unspecified atom stereocenters. The van der Waals surface area contributed by atoms with Gasteiger partial charge in [0.15, 0.2) is 66.6 Å². The van der Waals surface area contributed by atoms with Crippen molar-refractivity contribution in [3.05, 3.63) is 127 Å². The van der Waals surface area contributed by atoms with E-state index in [-0.39, 0.29) is 0 Å². The van der Waals surface area contributed by atoms with Crippen molar-refractivity contribution >= 4 is 45.7 Å². The van der Waals surface area contributed by atoms with Crippen LogP contribution in [0.3, 0.4) is 0 Å². The molecular formula is C45H77N13OS4+8. The van der Waals surface area contributed by atoms with Crippen molar-refractivity contribution in [2.75, 3.05) is 7.05 Å². The Kier molecular flexibility index (Phi) is 25.7. The van der Waals surface area contributed by atoms with E-state index in [1.54, 1.807) is 45.3 Å². The van der Waals surface area contributed by atoms with Crippen molar-refractivity contribution in [2.45, 2.75) is 95.2 Å². The summed E-state index contributed by atoms with van der Waals surface area (Å²) in [5.74, 6) is 3.34. The standard InChI is InChI=1S/2C7H13N2.C7H10N.C6H10NO.C5H9N2S.C5H8NS.2C4H7N2S/c1-6-5-8(3)7(2)9(6)4;1-6-4-5-7(2)9(3)8-6;1-7-5-3-4-6-8(7)2;1-5-4-6(2)8-7(5)3;1-4-6-8-5(2)7(4)3;1-5-6(2)3-4-7-5;1-4-6(2)5-3-7-4;1-4-6(2)3-5-7-4/h5H,1-4H3;4-7H,1-3H3;3-6H,1-2H3;4H,1-3H3;1-3H3;3-4H,1-2H3;2*3H,1-2H3/q8*+1. The first-order valence-electron chi connectivity index (χ1n) is 20.6. The Morgan fingerprint density at radius 2 is 1.35 bits per heavy atom. The van der Waals surface area contributed by atoms with Crippen molar-refractivity contribution in [3.63, 3.8) is 0 Å². The highest BCUT2D eigenvalue weighted by atomic mass is 32.1. The third-order valence-electron chi connectivity index (χ3n) is 10.1. The van der Waals surface area contributed by atoms with E-state index >= 15 is 0 Å². The first kappa shape index (κ1) is 56.2. The monoisotopic (exact) mass is 944 g/mol. The molecule has 8 rings (SSSR count). The minimum atomic E-state index is 0.367. The van der Waals surface area contributed by atoms with Crippen LogP contribution in [0.15, 0.2) is 81.9 Å². The Hall–Kier alpha value is -4.78. The zero-order chi connectivity index (χ0) is 48.0. The molecule has 1 aliphatic heterocycles. The summed E-state index contributed by atoms with van der Waals surface area (Å²) in [6, 6.07) is 8.98. The van der Waals surface area contributed by atoms with E-state index in [0.717, 1.165) is 17.3 Å². The van der Waals surface area contributed by atoms with Crippen LogP contribution in [0.4, 0.5) is 0 Å². The first-order chi connectivity index (χ1) is 29.5. The molecule has 63 heavy (non-hydrogen) atoms. The van der Waals surface area contributed by atoms with Gasteiger partial charge in [0.25, 0.3) is 10.8 Å². The zero-order valence-electron chi connectivity index (χ0n) is 41.9. The van der Waals surface area contributed by atoms with E-state index in [9.17, 15) is 0 Å². The van der Waals surface area contributed by atoms with Crippen LogP contribution in [-0.2, 0) is 56.4 Å². The second-order valence-corrected chi connectivity index (χ2v) is 19.2. The average Bonchev–Trinajstić information content (AvgIpc) is 4.08. The summed E-state index contributed by atoms with van der Waals surface area (Å²) in [6.07, 6.45) is 12.3. The maximum absolute atomic E-state index is 5.13. The molecule has 344 valence electrons. The van der Waals surface area contributed by atoms with Gasteiger partial charge in [-0.3, -0.25) is 0 Å². The molecule has 1 aliphatic rings. The fraction of sp³-hybridized carbons (Fsp3) is 0.511. The lowest BCUT2D eigenvalue weighted by atomic mass is 10.2. The van der Waals surface area contributed by atoms with Crippen molar-refractivity contribution in [3.8, 4) is 0 Å². The van der Waals surface area contributed by atoms with Gasteiger partial charge in [-0.1, -0.05) is 39.5 Å². The maximum atomic E-state index is 5.13. The fourth-order valence-corrected chi connectivity index (χ4v) is 7.04. The third kappa shape index (κ3) is 21.4. The fourth-order valence-electron chi connectivity index (χ4n) is 4.67. The number of imidazole rings is 1. The molecule has 18 heteroatoms. The summed E-state index contributed by atoms with van der Waals surface area (Å²) >= 11 is 6.48. The normalized spacial score (nSPS) is 13.2. The average molecular weight is 944 g/mol. The second kappa shape index (κ2) is 28.8. The lowest BCUT2D eigenvalue weighted by Crippen LogP contribution is -2.31. The Labute approximate surface area is 394 Å². The first-order valence-corrected chi connectivity index (χ1v) is 23.9. The van der Waals surface area contributed by atoms with Crippen LogP contribution in [-0.4, -0.2) is 42.2 Å². The summed E-state index contributed by atoms with van der Waals surface area (Å²) in [7, 11) is 18.1. The molecule has 0 saturated heterocycles. The van der Waals surface area contributed by atoms with Gasteiger partial charge in [0, 0.05) is 102 Å². The molecule has 0 aromatic carbocycles. The van der Waals surface area contributed by atoms with Crippen LogP contribution in [0.2, 0.25) is 0 Å². The molecule has 0 amide bonds. The molecule has 0 N–H and O–H groups in total. The number of aromatic nitrogens is 11. The largest absolute Gasteiger partial charge is 0.310 e. The van der Waals surface area contributed by atoms with E-state index in [1.807, 2.05) is 128 Å². The van der Waals surface area contributed by atoms with Crippen LogP contribution >= 0.6 is 45.7 Å². The van der Waals surface area contributed by atoms with E-state index < -0.39 is 0 Å². The molecule has 0 fully saturated rings. The van der Waals surface area contributed by atoms with Crippen LogP contribution in [0, 0.1) is 69.2 Å². The number of thiazole rings is 1. The van der Waals surface area contributed by atoms with Gasteiger partial charge in [-0.05, 0) is 22.9 Å². The molecule has 0 radical (unpaired) electrons. The van der Waals surface area contributed by atoms with Crippen molar-refractivity contribution in [2.24, 2.45) is 61.5 Å². The van der Waals surface area contributed by atoms with E-state index in [2.05, 4.69) is 140 Å². The number of likely N-dealkylation sites (N-methyl/N-ethyl adjacent to an activating group) is 1. The quantitative estimate of drug-likeness (QED) is 0.149. The number of rotatable bonds is 0. The molecule has 0 saturated carbocycles. The maximum Gasteiger partial charge on any atom is 0.310 e. The van der Waals surface area contributed by atoms with Crippen LogP contribution in [0.5, 0.6) is 0 Å². The van der Waals surface area contributed by atoms with Crippen molar-refractivity contribution in [1.29, 1.82) is 0 Å². The van der Waals surface area contributed by atoms with Gasteiger partial charge in [0.05, 0.1) is 39.6 Å². The number of hydrogen-bond acceptors (Lipinski definition) is 9. The van der Waals surface area contributed by atoms with Crippen molar-refractivity contribution < 1.29 is 41.5 Å². The molecule has 14 nitrogen and oxygen atoms in total. The highest BCUT2D eigenvalue weighted by molar-refractivity contribution is 7.09. The highest BCUT2D eigenvalue weighted by Crippen LogP contribution is 2.04. The van der Waals surface area contributed by atoms with Gasteiger partial charge in [0.2, 0.25) is 10.7 Å². The summed E-state index contributed by atoms with van der Waals surface area (Å²) in [6.45, 7) is 24.7. The second-order valence-electron chi connectivity index (χ2n) is 15.1. The van der Waals surface area contributed by atoms with Gasteiger partial charge < -0.3 is 0 Å². The molecule has 7 aromatic rings. The van der Waals surface area contributed by atoms with Gasteiger partial charge in [0.1, 0.15) is 55.1 Å². The third-order valence-corrected chi connectivity index (χ3v) is 13.5. The summed E-state index contributed by atoms with van der Waals surface area (Å²) in [5, 5.41) is 15.4. The highest BCUT2D eigenvalue weighted by Gasteiger charge is 2.14. The van der Waals surface area contributed by atoms with Gasteiger partial charge in [-0.2, -0.15) is 4.57 Å². The van der Waals surface area contributed by atoms with Crippen LogP contribution in [0.1, 0.15) is 68.4 Å². The van der Waals surface area contributed by atoms with Crippen LogP contribution < -0.4 is 32.3 Å². The van der Waals surface area contributed by atoms with Crippen molar-refractivity contribution in [1.82, 2.24) is 18.4 Å². The number of aryl methyl sites for hydroxylation is 15. The lowest BCUT2D eigenvalue weighted by Gasteiger charge is -2.06. The predicted molar refractivity (Wildman–Crippen MR) is 254 cm³/mol.